The fourth-order valence-corrected chi connectivity index (χ4v) is 9.78. The lowest BCUT2D eigenvalue weighted by atomic mass is 10.0. The summed E-state index contributed by atoms with van der Waals surface area (Å²) in [4.78, 5) is 27.5. The summed E-state index contributed by atoms with van der Waals surface area (Å²) in [6, 6.07) is 40.9. The van der Waals surface area contributed by atoms with Crippen molar-refractivity contribution in [1.29, 1.82) is 5.41 Å². The number of fused-ring (bicyclic) bond motifs is 4. The van der Waals surface area contributed by atoms with Crippen molar-refractivity contribution in [3.8, 4) is 23.0 Å². The van der Waals surface area contributed by atoms with Gasteiger partial charge in [0.05, 0.1) is 44.6 Å². The number of ether oxygens (including phenoxy) is 4. The lowest BCUT2D eigenvalue weighted by Gasteiger charge is -2.12. The van der Waals surface area contributed by atoms with Gasteiger partial charge in [-0.15, -0.1) is 0 Å². The largest absolute Gasteiger partial charge is 0.497 e. The highest BCUT2D eigenvalue weighted by atomic mass is 32.2. The number of benzene rings is 6. The average Bonchev–Trinajstić information content (AvgIpc) is 3.95. The number of nitrogens with zero attached hydrogens (tertiary/aromatic N) is 7. The van der Waals surface area contributed by atoms with E-state index in [2.05, 4.69) is 109 Å². The van der Waals surface area contributed by atoms with E-state index in [4.69, 9.17) is 40.1 Å². The van der Waals surface area contributed by atoms with E-state index in [1.165, 1.54) is 62.5 Å². The van der Waals surface area contributed by atoms with Crippen LogP contribution in [0.2, 0.25) is 0 Å². The van der Waals surface area contributed by atoms with Crippen LogP contribution in [-0.2, 0) is 25.9 Å². The highest BCUT2D eigenvalue weighted by molar-refractivity contribution is 7.99. The Morgan fingerprint density at radius 2 is 1.21 bits per heavy atom. The van der Waals surface area contributed by atoms with Crippen LogP contribution in [-0.4, -0.2) is 67.5 Å². The van der Waals surface area contributed by atoms with Gasteiger partial charge in [0.15, 0.2) is 38.4 Å². The maximum Gasteiger partial charge on any atom is 0.175 e. The molecule has 0 aliphatic heterocycles. The van der Waals surface area contributed by atoms with Gasteiger partial charge in [-0.3, -0.25) is 5.41 Å². The molecule has 0 saturated carbocycles. The van der Waals surface area contributed by atoms with Crippen LogP contribution in [0.5, 0.6) is 23.0 Å². The lowest BCUT2D eigenvalue weighted by Crippen LogP contribution is -2.13. The van der Waals surface area contributed by atoms with E-state index in [-0.39, 0.29) is 5.49 Å². The fourth-order valence-electron chi connectivity index (χ4n) is 7.81. The molecule has 4 N–H and O–H groups in total. The van der Waals surface area contributed by atoms with Crippen LogP contribution in [0.1, 0.15) is 11.1 Å². The van der Waals surface area contributed by atoms with Crippen molar-refractivity contribution >= 4 is 73.2 Å². The first-order chi connectivity index (χ1) is 32.3. The first kappa shape index (κ1) is 43.7. The summed E-state index contributed by atoms with van der Waals surface area (Å²) in [5, 5.41) is 14.7. The first-order valence-corrected chi connectivity index (χ1v) is 22.7. The number of anilines is 1. The molecule has 0 spiro atoms. The van der Waals surface area contributed by atoms with Crippen molar-refractivity contribution in [1.82, 2.24) is 39.0 Å². The topological polar surface area (TPSA) is 177 Å². The Kier molecular flexibility index (Phi) is 13.0. The molecule has 66 heavy (non-hydrogen) atoms. The zero-order valence-electron chi connectivity index (χ0n) is 36.7. The minimum absolute atomic E-state index is 0.170. The molecule has 6 aromatic carbocycles. The lowest BCUT2D eigenvalue weighted by molar-refractivity contribution is 0.394. The number of rotatable bonds is 14. The molecule has 0 fully saturated rings. The van der Waals surface area contributed by atoms with Gasteiger partial charge < -0.3 is 38.8 Å². The maximum absolute atomic E-state index is 8.25. The van der Waals surface area contributed by atoms with E-state index in [0.717, 1.165) is 50.8 Å². The predicted octanol–water partition coefficient (Wildman–Crippen LogP) is 9.78. The second-order valence-corrected chi connectivity index (χ2v) is 17.1. The van der Waals surface area contributed by atoms with Crippen LogP contribution in [0.4, 0.5) is 5.82 Å². The molecular formula is C50H46N10O4S2. The quantitative estimate of drug-likeness (QED) is 0.0943. The van der Waals surface area contributed by atoms with Gasteiger partial charge in [-0.1, -0.05) is 84.9 Å². The molecule has 0 saturated heterocycles. The summed E-state index contributed by atoms with van der Waals surface area (Å²) >= 11 is 2.92. The molecular weight excluding hydrogens is 869 g/mol. The Morgan fingerprint density at radius 1 is 0.621 bits per heavy atom. The van der Waals surface area contributed by atoms with Crippen molar-refractivity contribution in [2.45, 2.75) is 46.0 Å². The standard InChI is InChI=1S/2C25H23N5O2S/c1-31-18-10-11-20(32-2)21(14-18)33-25-28-22-23(26)27-15-30(24(22)29-25)13-12-17-8-5-7-16-6-3-4-9-19(16)17;1-31-18-10-11-20(32-2)21(14-18)33-25-29-22-23(26)27-15-28-24(22)30(25)13-12-17-8-5-7-16-6-3-4-9-19(16)17/h3-11,14-15,26H,12-13H2,1-2H3,(H,28,29);3-11,14-15H,12-13H2,1-2H3,(H2,26,27,28). The van der Waals surface area contributed by atoms with E-state index in [1.54, 1.807) is 34.8 Å². The third kappa shape index (κ3) is 9.18. The third-order valence-corrected chi connectivity index (χ3v) is 13.1. The maximum atomic E-state index is 8.25. The van der Waals surface area contributed by atoms with Gasteiger partial charge in [-0.05, 0) is 105 Å². The fraction of sp³-hybridized carbons (Fsp3) is 0.160. The number of nitrogens with two attached hydrogens (primary N) is 1. The van der Waals surface area contributed by atoms with Crippen molar-refractivity contribution in [3.63, 3.8) is 0 Å². The molecule has 0 bridgehead atoms. The van der Waals surface area contributed by atoms with Crippen molar-refractivity contribution in [3.05, 3.63) is 151 Å². The van der Waals surface area contributed by atoms with Gasteiger partial charge in [0.2, 0.25) is 0 Å². The summed E-state index contributed by atoms with van der Waals surface area (Å²) in [6.45, 7) is 1.39. The zero-order valence-corrected chi connectivity index (χ0v) is 38.3. The molecule has 4 aromatic heterocycles. The van der Waals surface area contributed by atoms with Gasteiger partial charge in [0.25, 0.3) is 0 Å². The van der Waals surface area contributed by atoms with Gasteiger partial charge in [0, 0.05) is 13.1 Å². The van der Waals surface area contributed by atoms with Gasteiger partial charge in [-0.25, -0.2) is 24.9 Å². The number of aromatic nitrogens is 8. The Bertz CT molecular complexity index is 3400. The summed E-state index contributed by atoms with van der Waals surface area (Å²) in [7, 11) is 6.57. The molecule has 10 rings (SSSR count). The van der Waals surface area contributed by atoms with Crippen molar-refractivity contribution < 1.29 is 18.9 Å². The van der Waals surface area contributed by atoms with E-state index in [1.807, 2.05) is 41.0 Å². The molecule has 0 aliphatic rings. The molecule has 0 aliphatic carbocycles. The van der Waals surface area contributed by atoms with E-state index < -0.39 is 0 Å². The molecule has 0 amide bonds. The number of aromatic amines is 1. The van der Waals surface area contributed by atoms with Crippen LogP contribution in [0.15, 0.2) is 154 Å². The Labute approximate surface area is 388 Å². The van der Waals surface area contributed by atoms with Crippen LogP contribution >= 0.6 is 23.5 Å². The van der Waals surface area contributed by atoms with Gasteiger partial charge >= 0.3 is 0 Å². The van der Waals surface area contributed by atoms with Crippen molar-refractivity contribution in [2.24, 2.45) is 0 Å². The second-order valence-electron chi connectivity index (χ2n) is 15.0. The van der Waals surface area contributed by atoms with Crippen LogP contribution < -0.4 is 30.2 Å². The molecule has 16 heteroatoms. The number of hydrogen-bond acceptors (Lipinski definition) is 13. The third-order valence-electron chi connectivity index (χ3n) is 11.2. The Morgan fingerprint density at radius 3 is 1.83 bits per heavy atom. The molecule has 0 radical (unpaired) electrons. The number of nitrogens with one attached hydrogen (secondary N) is 2. The minimum atomic E-state index is 0.170. The summed E-state index contributed by atoms with van der Waals surface area (Å²) in [6.07, 6.45) is 4.82. The molecule has 10 aromatic rings. The number of H-pyrrole nitrogens is 1. The monoisotopic (exact) mass is 914 g/mol. The molecule has 14 nitrogen and oxygen atoms in total. The zero-order chi connectivity index (χ0) is 45.6. The predicted molar refractivity (Wildman–Crippen MR) is 260 cm³/mol. The number of nitrogen functional groups attached to an aromatic ring is 1. The van der Waals surface area contributed by atoms with Crippen LogP contribution in [0.25, 0.3) is 43.9 Å². The van der Waals surface area contributed by atoms with Crippen molar-refractivity contribution in [2.75, 3.05) is 34.2 Å². The highest BCUT2D eigenvalue weighted by Gasteiger charge is 2.19. The molecule has 0 unspecified atom stereocenters. The van der Waals surface area contributed by atoms with Gasteiger partial charge in [0.1, 0.15) is 34.8 Å². The molecule has 4 heterocycles. The van der Waals surface area contributed by atoms with Gasteiger partial charge in [-0.2, -0.15) is 0 Å². The first-order valence-electron chi connectivity index (χ1n) is 21.0. The number of methoxy groups -OCH3 is 4. The Balaban J connectivity index is 0.000000166. The summed E-state index contributed by atoms with van der Waals surface area (Å²) < 4.78 is 25.9. The number of aryl methyl sites for hydroxylation is 4. The SMILES string of the molecule is COc1ccc(OC)c(Sc2nc3c(N)ncnc3n2CCc2cccc3ccccc23)c1.COc1ccc(OC)c(Sc2nc3c([nH]2)c(=N)ncn3CCc2cccc3ccccc23)c1. The molecule has 332 valence electrons. The smallest absolute Gasteiger partial charge is 0.175 e. The number of imidazole rings is 2. The minimum Gasteiger partial charge on any atom is -0.497 e. The summed E-state index contributed by atoms with van der Waals surface area (Å²) in [5.74, 6) is 3.32. The van der Waals surface area contributed by atoms with E-state index >= 15 is 0 Å². The van der Waals surface area contributed by atoms with Crippen LogP contribution in [0, 0.1) is 5.41 Å². The van der Waals surface area contributed by atoms with Crippen LogP contribution in [0.3, 0.4) is 0 Å². The summed E-state index contributed by atoms with van der Waals surface area (Å²) in [5.41, 5.74) is 11.5. The van der Waals surface area contributed by atoms with E-state index in [9.17, 15) is 0 Å². The molecule has 0 atom stereocenters. The number of hydrogen-bond donors (Lipinski definition) is 3. The Hall–Kier alpha value is -7.56. The normalized spacial score (nSPS) is 11.2. The second kappa shape index (κ2) is 19.7. The van der Waals surface area contributed by atoms with E-state index in [0.29, 0.717) is 46.4 Å². The average molecular weight is 915 g/mol. The highest BCUT2D eigenvalue weighted by Crippen LogP contribution is 2.39.